The maximum Gasteiger partial charge on any atom is 0.310 e. The molecule has 1 fully saturated rings. The highest BCUT2D eigenvalue weighted by Crippen LogP contribution is 2.19. The van der Waals surface area contributed by atoms with E-state index in [4.69, 9.17) is 9.84 Å². The average Bonchev–Trinajstić information content (AvgIpc) is 2.38. The Morgan fingerprint density at radius 3 is 2.75 bits per heavy atom. The Hall–Kier alpha value is -1.19. The van der Waals surface area contributed by atoms with Crippen LogP contribution in [0.3, 0.4) is 0 Å². The van der Waals surface area contributed by atoms with Crippen molar-refractivity contribution in [1.82, 2.24) is 9.03 Å². The first kappa shape index (κ1) is 16.9. The number of carboxylic acid groups (broad SMARTS) is 1. The standard InChI is InChI=1S/C11H20N2O6S/c1-2-19-11(16)9-4-3-7-13(8-9)20(17,18)12-6-5-10(14)15/h9,12H,2-8H2,1H3,(H,14,15). The predicted octanol–water partition coefficient (Wildman–Crippen LogP) is -0.429. The molecule has 9 heteroatoms. The second-order valence-corrected chi connectivity index (χ2v) is 6.25. The fraction of sp³-hybridized carbons (Fsp3) is 0.818. The molecule has 0 aromatic rings. The van der Waals surface area contributed by atoms with Crippen LogP contribution in [0.2, 0.25) is 0 Å². The smallest absolute Gasteiger partial charge is 0.310 e. The maximum atomic E-state index is 12.0. The lowest BCUT2D eigenvalue weighted by molar-refractivity contribution is -0.149. The molecule has 0 aromatic carbocycles. The van der Waals surface area contributed by atoms with Crippen LogP contribution in [0, 0.1) is 5.92 Å². The van der Waals surface area contributed by atoms with Gasteiger partial charge in [0.15, 0.2) is 0 Å². The second kappa shape index (κ2) is 7.55. The van der Waals surface area contributed by atoms with E-state index in [1.807, 2.05) is 0 Å². The Labute approximate surface area is 118 Å². The van der Waals surface area contributed by atoms with Crippen LogP contribution in [0.15, 0.2) is 0 Å². The van der Waals surface area contributed by atoms with Gasteiger partial charge >= 0.3 is 11.9 Å². The highest BCUT2D eigenvalue weighted by Gasteiger charge is 2.32. The minimum Gasteiger partial charge on any atom is -0.481 e. The van der Waals surface area contributed by atoms with Gasteiger partial charge < -0.3 is 9.84 Å². The van der Waals surface area contributed by atoms with Gasteiger partial charge in [0.2, 0.25) is 0 Å². The fourth-order valence-corrected chi connectivity index (χ4v) is 3.28. The number of esters is 1. The summed E-state index contributed by atoms with van der Waals surface area (Å²) in [7, 11) is -3.75. The number of piperidine rings is 1. The first-order valence-corrected chi connectivity index (χ1v) is 7.94. The largest absolute Gasteiger partial charge is 0.481 e. The first-order chi connectivity index (χ1) is 9.36. The molecule has 0 saturated carbocycles. The third-order valence-electron chi connectivity index (χ3n) is 2.97. The predicted molar refractivity (Wildman–Crippen MR) is 70.1 cm³/mol. The van der Waals surface area contributed by atoms with Gasteiger partial charge in [-0.05, 0) is 19.8 Å². The van der Waals surface area contributed by atoms with Crippen LogP contribution in [0.25, 0.3) is 0 Å². The minimum absolute atomic E-state index is 0.0707. The van der Waals surface area contributed by atoms with Gasteiger partial charge in [-0.1, -0.05) is 0 Å². The Bertz CT molecular complexity index is 450. The van der Waals surface area contributed by atoms with Crippen LogP contribution in [0.5, 0.6) is 0 Å². The van der Waals surface area contributed by atoms with Crippen molar-refractivity contribution in [2.45, 2.75) is 26.2 Å². The van der Waals surface area contributed by atoms with E-state index < -0.39 is 28.1 Å². The van der Waals surface area contributed by atoms with E-state index in [1.54, 1.807) is 6.92 Å². The maximum absolute atomic E-state index is 12.0. The van der Waals surface area contributed by atoms with E-state index >= 15 is 0 Å². The normalized spacial score (nSPS) is 20.6. The summed E-state index contributed by atoms with van der Waals surface area (Å²) >= 11 is 0. The number of ether oxygens (including phenoxy) is 1. The molecule has 0 aromatic heterocycles. The summed E-state index contributed by atoms with van der Waals surface area (Å²) in [6.07, 6.45) is 0.887. The monoisotopic (exact) mass is 308 g/mol. The molecule has 0 bridgehead atoms. The molecule has 20 heavy (non-hydrogen) atoms. The number of carbonyl (C=O) groups excluding carboxylic acids is 1. The van der Waals surface area contributed by atoms with Crippen molar-refractivity contribution >= 4 is 22.1 Å². The van der Waals surface area contributed by atoms with E-state index in [1.165, 1.54) is 4.31 Å². The van der Waals surface area contributed by atoms with Gasteiger partial charge in [-0.3, -0.25) is 9.59 Å². The molecule has 0 radical (unpaired) electrons. The van der Waals surface area contributed by atoms with Crippen LogP contribution in [0.1, 0.15) is 26.2 Å². The van der Waals surface area contributed by atoms with Crippen LogP contribution >= 0.6 is 0 Å². The van der Waals surface area contributed by atoms with Crippen LogP contribution in [-0.2, 0) is 24.5 Å². The molecule has 8 nitrogen and oxygen atoms in total. The number of carbonyl (C=O) groups is 2. The van der Waals surface area contributed by atoms with Crippen LogP contribution < -0.4 is 4.72 Å². The zero-order chi connectivity index (χ0) is 15.2. The number of hydrogen-bond donors (Lipinski definition) is 2. The molecule has 2 N–H and O–H groups in total. The van der Waals surface area contributed by atoms with Crippen molar-refractivity contribution in [1.29, 1.82) is 0 Å². The number of carboxylic acids is 1. The van der Waals surface area contributed by atoms with Gasteiger partial charge in [0.05, 0.1) is 18.9 Å². The summed E-state index contributed by atoms with van der Waals surface area (Å²) in [5, 5.41) is 8.48. The van der Waals surface area contributed by atoms with Crippen LogP contribution in [0.4, 0.5) is 0 Å². The Kier molecular flexibility index (Phi) is 6.37. The number of rotatable bonds is 7. The van der Waals surface area contributed by atoms with Crippen LogP contribution in [-0.4, -0.2) is 56.0 Å². The first-order valence-electron chi connectivity index (χ1n) is 6.50. The van der Waals surface area contributed by atoms with Gasteiger partial charge in [0, 0.05) is 19.6 Å². The molecule has 1 aliphatic heterocycles. The van der Waals surface area contributed by atoms with Crippen molar-refractivity contribution < 1.29 is 27.9 Å². The molecule has 1 heterocycles. The highest BCUT2D eigenvalue weighted by atomic mass is 32.2. The topological polar surface area (TPSA) is 113 Å². The summed E-state index contributed by atoms with van der Waals surface area (Å²) < 4.78 is 32.2. The fourth-order valence-electron chi connectivity index (χ4n) is 1.99. The number of nitrogens with zero attached hydrogens (tertiary/aromatic N) is 1. The molecule has 116 valence electrons. The highest BCUT2D eigenvalue weighted by molar-refractivity contribution is 7.87. The SMILES string of the molecule is CCOC(=O)C1CCCN(S(=O)(=O)NCCC(=O)O)C1. The Balaban J connectivity index is 2.56. The summed E-state index contributed by atoms with van der Waals surface area (Å²) in [5.74, 6) is -1.92. The van der Waals surface area contributed by atoms with E-state index in [0.717, 1.165) is 0 Å². The van der Waals surface area contributed by atoms with Crippen molar-refractivity contribution in [2.24, 2.45) is 5.92 Å². The zero-order valence-electron chi connectivity index (χ0n) is 11.4. The molecule has 1 unspecified atom stereocenters. The lowest BCUT2D eigenvalue weighted by Crippen LogP contribution is -2.48. The molecular formula is C11H20N2O6S. The molecule has 1 aliphatic rings. The average molecular weight is 308 g/mol. The van der Waals surface area contributed by atoms with E-state index in [9.17, 15) is 18.0 Å². The molecule has 1 saturated heterocycles. The van der Waals surface area contributed by atoms with E-state index in [0.29, 0.717) is 19.4 Å². The van der Waals surface area contributed by atoms with Crippen molar-refractivity contribution in [3.63, 3.8) is 0 Å². The van der Waals surface area contributed by atoms with Gasteiger partial charge in [-0.2, -0.15) is 12.7 Å². The molecule has 0 aliphatic carbocycles. The summed E-state index contributed by atoms with van der Waals surface area (Å²) in [6, 6.07) is 0. The number of nitrogens with one attached hydrogen (secondary N) is 1. The quantitative estimate of drug-likeness (QED) is 0.617. The van der Waals surface area contributed by atoms with Gasteiger partial charge in [0.25, 0.3) is 10.2 Å². The number of hydrogen-bond acceptors (Lipinski definition) is 5. The summed E-state index contributed by atoms with van der Waals surface area (Å²) in [6.45, 7) is 2.18. The van der Waals surface area contributed by atoms with E-state index in [-0.39, 0.29) is 26.1 Å². The van der Waals surface area contributed by atoms with E-state index in [2.05, 4.69) is 4.72 Å². The van der Waals surface area contributed by atoms with Gasteiger partial charge in [-0.15, -0.1) is 0 Å². The third-order valence-corrected chi connectivity index (χ3v) is 4.55. The minimum atomic E-state index is -3.75. The molecule has 0 spiro atoms. The second-order valence-electron chi connectivity index (χ2n) is 4.49. The molecule has 1 rings (SSSR count). The molecule has 1 atom stereocenters. The van der Waals surface area contributed by atoms with Gasteiger partial charge in [0.1, 0.15) is 0 Å². The Morgan fingerprint density at radius 1 is 1.45 bits per heavy atom. The molecular weight excluding hydrogens is 288 g/mol. The zero-order valence-corrected chi connectivity index (χ0v) is 12.2. The van der Waals surface area contributed by atoms with Crippen molar-refractivity contribution in [3.8, 4) is 0 Å². The summed E-state index contributed by atoms with van der Waals surface area (Å²) in [4.78, 5) is 22.0. The Morgan fingerprint density at radius 2 is 2.15 bits per heavy atom. The lowest BCUT2D eigenvalue weighted by Gasteiger charge is -2.30. The van der Waals surface area contributed by atoms with Crippen molar-refractivity contribution in [3.05, 3.63) is 0 Å². The third kappa shape index (κ3) is 5.06. The van der Waals surface area contributed by atoms with Crippen molar-refractivity contribution in [2.75, 3.05) is 26.2 Å². The summed E-state index contributed by atoms with van der Waals surface area (Å²) in [5.41, 5.74) is 0. The number of aliphatic carboxylic acids is 1. The van der Waals surface area contributed by atoms with Gasteiger partial charge in [-0.25, -0.2) is 4.72 Å². The lowest BCUT2D eigenvalue weighted by atomic mass is 10.0. The molecule has 0 amide bonds.